The molecule has 1 aromatic rings. The molecule has 4 nitrogen and oxygen atoms in total. The zero-order valence-electron chi connectivity index (χ0n) is 16.7. The number of carbonyl (C=O) groups excluding carboxylic acids is 2. The summed E-state index contributed by atoms with van der Waals surface area (Å²) >= 11 is 3.31. The van der Waals surface area contributed by atoms with Crippen LogP contribution in [0.15, 0.2) is 18.2 Å². The Hall–Kier alpha value is -1.36. The Morgan fingerprint density at radius 2 is 1.93 bits per heavy atom. The topological polar surface area (TPSA) is 55.4 Å². The van der Waals surface area contributed by atoms with E-state index in [9.17, 15) is 9.59 Å². The van der Waals surface area contributed by atoms with Crippen molar-refractivity contribution in [2.45, 2.75) is 70.5 Å². The molecule has 0 radical (unpaired) electrons. The standard InChI is InChI=1S/C22H32BrNO3/c1-4-6-7-16-8-10-17(11-9-16)22(26)24-19-13-12-18(21(25)15(3)23)14-20(19)27-5-2/h12-17H,4-11H2,1-3H3,(H,24,26). The van der Waals surface area contributed by atoms with Gasteiger partial charge in [0.25, 0.3) is 0 Å². The van der Waals surface area contributed by atoms with Crippen LogP contribution in [0.1, 0.15) is 76.1 Å². The maximum Gasteiger partial charge on any atom is 0.227 e. The second-order valence-corrected chi connectivity index (χ2v) is 8.85. The Morgan fingerprint density at radius 1 is 1.22 bits per heavy atom. The second-order valence-electron chi connectivity index (χ2n) is 7.47. The molecule has 1 aromatic carbocycles. The number of amides is 1. The minimum absolute atomic E-state index is 0.000712. The zero-order chi connectivity index (χ0) is 19.8. The van der Waals surface area contributed by atoms with E-state index in [1.807, 2.05) is 6.92 Å². The second kappa shape index (κ2) is 10.8. The minimum atomic E-state index is -0.254. The molecule has 2 rings (SSSR count). The lowest BCUT2D eigenvalue weighted by Crippen LogP contribution is -2.27. The number of unbranched alkanes of at least 4 members (excludes halogenated alkanes) is 1. The SMILES string of the molecule is CCCCC1CCC(C(=O)Nc2ccc(C(=O)C(C)Br)cc2OCC)CC1. The molecule has 150 valence electrons. The molecular weight excluding hydrogens is 406 g/mol. The van der Waals surface area contributed by atoms with Crippen molar-refractivity contribution >= 4 is 33.3 Å². The van der Waals surface area contributed by atoms with E-state index < -0.39 is 0 Å². The number of hydrogen-bond acceptors (Lipinski definition) is 3. The Morgan fingerprint density at radius 3 is 2.52 bits per heavy atom. The van der Waals surface area contributed by atoms with E-state index in [-0.39, 0.29) is 22.4 Å². The van der Waals surface area contributed by atoms with Gasteiger partial charge in [-0.15, -0.1) is 0 Å². The number of anilines is 1. The third-order valence-corrected chi connectivity index (χ3v) is 5.78. The van der Waals surface area contributed by atoms with Gasteiger partial charge in [-0.3, -0.25) is 9.59 Å². The van der Waals surface area contributed by atoms with Crippen molar-refractivity contribution in [1.29, 1.82) is 0 Å². The van der Waals surface area contributed by atoms with Gasteiger partial charge in [0, 0.05) is 11.5 Å². The first kappa shape index (κ1) is 21.9. The average molecular weight is 438 g/mol. The van der Waals surface area contributed by atoms with Crippen LogP contribution in [0.2, 0.25) is 0 Å². The van der Waals surface area contributed by atoms with Gasteiger partial charge in [-0.2, -0.15) is 0 Å². The van der Waals surface area contributed by atoms with E-state index in [0.717, 1.165) is 31.6 Å². The lowest BCUT2D eigenvalue weighted by molar-refractivity contribution is -0.121. The molecule has 1 saturated carbocycles. The van der Waals surface area contributed by atoms with Crippen LogP contribution in [0.4, 0.5) is 5.69 Å². The molecule has 27 heavy (non-hydrogen) atoms. The molecule has 1 unspecified atom stereocenters. The van der Waals surface area contributed by atoms with Crippen molar-refractivity contribution in [1.82, 2.24) is 0 Å². The van der Waals surface area contributed by atoms with Crippen LogP contribution in [0.5, 0.6) is 5.75 Å². The first-order valence-corrected chi connectivity index (χ1v) is 11.1. The highest BCUT2D eigenvalue weighted by Gasteiger charge is 2.26. The van der Waals surface area contributed by atoms with Crippen LogP contribution in [-0.4, -0.2) is 23.1 Å². The fraction of sp³-hybridized carbons (Fsp3) is 0.636. The summed E-state index contributed by atoms with van der Waals surface area (Å²) in [4.78, 5) is 24.7. The highest BCUT2D eigenvalue weighted by molar-refractivity contribution is 9.10. The van der Waals surface area contributed by atoms with Gasteiger partial charge in [0.1, 0.15) is 5.75 Å². The molecule has 0 heterocycles. The number of alkyl halides is 1. The maximum atomic E-state index is 12.7. The summed E-state index contributed by atoms with van der Waals surface area (Å²) in [7, 11) is 0. The fourth-order valence-corrected chi connectivity index (χ4v) is 3.99. The summed E-state index contributed by atoms with van der Waals surface area (Å²) in [5, 5.41) is 3.03. The van der Waals surface area contributed by atoms with Crippen LogP contribution < -0.4 is 10.1 Å². The smallest absolute Gasteiger partial charge is 0.227 e. The Labute approximate surface area is 171 Å². The monoisotopic (exact) mass is 437 g/mol. The number of carbonyl (C=O) groups is 2. The van der Waals surface area contributed by atoms with Crippen LogP contribution in [-0.2, 0) is 4.79 Å². The van der Waals surface area contributed by atoms with E-state index >= 15 is 0 Å². The molecule has 1 fully saturated rings. The Bertz CT molecular complexity index is 636. The number of halogens is 1. The van der Waals surface area contributed by atoms with Gasteiger partial charge in [-0.05, 0) is 63.6 Å². The molecule has 0 spiro atoms. The fourth-order valence-electron chi connectivity index (χ4n) is 3.72. The predicted octanol–water partition coefficient (Wildman–Crippen LogP) is 5.99. The number of benzene rings is 1. The molecule has 0 saturated heterocycles. The number of nitrogens with one attached hydrogen (secondary N) is 1. The van der Waals surface area contributed by atoms with Crippen LogP contribution in [0.3, 0.4) is 0 Å². The van der Waals surface area contributed by atoms with E-state index in [0.29, 0.717) is 23.6 Å². The lowest BCUT2D eigenvalue weighted by Gasteiger charge is -2.28. The average Bonchev–Trinajstić information content (AvgIpc) is 2.67. The minimum Gasteiger partial charge on any atom is -0.492 e. The van der Waals surface area contributed by atoms with Gasteiger partial charge in [-0.1, -0.05) is 42.1 Å². The van der Waals surface area contributed by atoms with Crippen LogP contribution >= 0.6 is 15.9 Å². The van der Waals surface area contributed by atoms with Crippen molar-refractivity contribution in [3.05, 3.63) is 23.8 Å². The maximum absolute atomic E-state index is 12.7. The summed E-state index contributed by atoms with van der Waals surface area (Å²) in [5.74, 6) is 1.48. The molecule has 1 amide bonds. The van der Waals surface area contributed by atoms with Gasteiger partial charge in [0.05, 0.1) is 17.1 Å². The summed E-state index contributed by atoms with van der Waals surface area (Å²) in [6.07, 6.45) is 8.04. The van der Waals surface area contributed by atoms with Crippen molar-refractivity contribution in [2.75, 3.05) is 11.9 Å². The first-order valence-electron chi connectivity index (χ1n) is 10.2. The normalized spacial score (nSPS) is 20.7. The third kappa shape index (κ3) is 6.34. The number of ether oxygens (including phenoxy) is 1. The van der Waals surface area contributed by atoms with Gasteiger partial charge in [-0.25, -0.2) is 0 Å². The molecule has 0 aliphatic heterocycles. The summed E-state index contributed by atoms with van der Waals surface area (Å²) < 4.78 is 5.67. The molecule has 1 N–H and O–H groups in total. The van der Waals surface area contributed by atoms with Crippen molar-refractivity contribution in [3.63, 3.8) is 0 Å². The predicted molar refractivity (Wildman–Crippen MR) is 114 cm³/mol. The lowest BCUT2D eigenvalue weighted by atomic mass is 9.79. The van der Waals surface area contributed by atoms with E-state index in [1.54, 1.807) is 25.1 Å². The quantitative estimate of drug-likeness (QED) is 0.381. The number of Topliss-reactive ketones (excluding diaryl/α,β-unsaturated/α-hetero) is 1. The number of hydrogen-bond donors (Lipinski definition) is 1. The zero-order valence-corrected chi connectivity index (χ0v) is 18.3. The molecule has 1 atom stereocenters. The van der Waals surface area contributed by atoms with Crippen LogP contribution in [0, 0.1) is 11.8 Å². The highest BCUT2D eigenvalue weighted by atomic mass is 79.9. The highest BCUT2D eigenvalue weighted by Crippen LogP contribution is 2.34. The molecule has 1 aliphatic carbocycles. The van der Waals surface area contributed by atoms with Gasteiger partial charge in [0.15, 0.2) is 5.78 Å². The van der Waals surface area contributed by atoms with Gasteiger partial charge >= 0.3 is 0 Å². The van der Waals surface area contributed by atoms with E-state index in [4.69, 9.17) is 4.74 Å². The van der Waals surface area contributed by atoms with Crippen molar-refractivity contribution in [2.24, 2.45) is 11.8 Å². The summed E-state index contributed by atoms with van der Waals surface area (Å²) in [6, 6.07) is 5.25. The summed E-state index contributed by atoms with van der Waals surface area (Å²) in [6.45, 7) is 6.40. The van der Waals surface area contributed by atoms with Crippen LogP contribution in [0.25, 0.3) is 0 Å². The van der Waals surface area contributed by atoms with Crippen molar-refractivity contribution in [3.8, 4) is 5.75 Å². The first-order chi connectivity index (χ1) is 13.0. The Kier molecular flexibility index (Phi) is 8.81. The molecule has 0 aromatic heterocycles. The van der Waals surface area contributed by atoms with E-state index in [2.05, 4.69) is 28.2 Å². The largest absolute Gasteiger partial charge is 0.492 e. The molecule has 1 aliphatic rings. The van der Waals surface area contributed by atoms with Crippen molar-refractivity contribution < 1.29 is 14.3 Å². The molecule has 5 heteroatoms. The number of rotatable bonds is 9. The third-order valence-electron chi connectivity index (χ3n) is 5.37. The molecule has 0 bridgehead atoms. The van der Waals surface area contributed by atoms with Gasteiger partial charge in [0.2, 0.25) is 5.91 Å². The van der Waals surface area contributed by atoms with Gasteiger partial charge < -0.3 is 10.1 Å². The molecular formula is C22H32BrNO3. The number of ketones is 1. The Balaban J connectivity index is 2.01. The van der Waals surface area contributed by atoms with E-state index in [1.165, 1.54) is 19.3 Å². The summed E-state index contributed by atoms with van der Waals surface area (Å²) in [5.41, 5.74) is 1.23.